The van der Waals surface area contributed by atoms with E-state index in [-0.39, 0.29) is 23.6 Å². The highest BCUT2D eigenvalue weighted by molar-refractivity contribution is 8.13. The molecule has 0 spiro atoms. The number of halogens is 2. The molecule has 0 radical (unpaired) electrons. The minimum atomic E-state index is -3.06. The molecule has 1 fully saturated rings. The Labute approximate surface area is 167 Å². The Hall–Kier alpha value is -1.21. The van der Waals surface area contributed by atoms with E-state index in [1.54, 1.807) is 11.8 Å². The third kappa shape index (κ3) is 3.74. The molecule has 2 aromatic carbocycles. The highest BCUT2D eigenvalue weighted by Gasteiger charge is 2.47. The molecular formula is C18H16Cl2N2O2S2. The van der Waals surface area contributed by atoms with Gasteiger partial charge in [0.1, 0.15) is 0 Å². The summed E-state index contributed by atoms with van der Waals surface area (Å²) in [7, 11) is -3.06. The molecular weight excluding hydrogens is 411 g/mol. The molecule has 136 valence electrons. The van der Waals surface area contributed by atoms with E-state index in [9.17, 15) is 8.42 Å². The fourth-order valence-electron chi connectivity index (χ4n) is 3.29. The lowest BCUT2D eigenvalue weighted by Crippen LogP contribution is -2.39. The molecule has 2 heterocycles. The largest absolute Gasteiger partial charge is 0.315 e. The zero-order valence-corrected chi connectivity index (χ0v) is 16.8. The molecule has 0 bridgehead atoms. The number of sulfone groups is 1. The van der Waals surface area contributed by atoms with Crippen molar-refractivity contribution in [2.24, 2.45) is 4.99 Å². The Balaban J connectivity index is 1.61. The van der Waals surface area contributed by atoms with Gasteiger partial charge in [-0.25, -0.2) is 8.42 Å². The number of hydrogen-bond acceptors (Lipinski definition) is 5. The van der Waals surface area contributed by atoms with E-state index >= 15 is 0 Å². The van der Waals surface area contributed by atoms with E-state index < -0.39 is 9.84 Å². The average Bonchev–Trinajstić information content (AvgIpc) is 3.05. The number of fused-ring (bicyclic) bond motifs is 1. The fraction of sp³-hybridized carbons (Fsp3) is 0.278. The average molecular weight is 427 g/mol. The van der Waals surface area contributed by atoms with Gasteiger partial charge in [-0.15, -0.1) is 0 Å². The van der Waals surface area contributed by atoms with Gasteiger partial charge < -0.3 is 4.90 Å². The van der Waals surface area contributed by atoms with Crippen LogP contribution in [-0.4, -0.2) is 37.2 Å². The minimum Gasteiger partial charge on any atom is -0.315 e. The van der Waals surface area contributed by atoms with Gasteiger partial charge in [0.25, 0.3) is 0 Å². The summed E-state index contributed by atoms with van der Waals surface area (Å²) in [5, 5.41) is 2.17. The molecule has 0 N–H and O–H groups in total. The Morgan fingerprint density at radius 3 is 2.58 bits per heavy atom. The molecule has 1 saturated heterocycles. The van der Waals surface area contributed by atoms with Crippen LogP contribution >= 0.6 is 35.0 Å². The van der Waals surface area contributed by atoms with Crippen molar-refractivity contribution in [2.75, 3.05) is 16.4 Å². The van der Waals surface area contributed by atoms with Crippen molar-refractivity contribution in [3.63, 3.8) is 0 Å². The maximum Gasteiger partial charge on any atom is 0.164 e. The summed E-state index contributed by atoms with van der Waals surface area (Å²) in [5.74, 6) is 0.970. The summed E-state index contributed by atoms with van der Waals surface area (Å²) in [6.45, 7) is 0. The third-order valence-corrected chi connectivity index (χ3v) is 7.70. The van der Waals surface area contributed by atoms with Crippen molar-refractivity contribution in [2.45, 2.75) is 17.8 Å². The van der Waals surface area contributed by atoms with Gasteiger partial charge in [0.05, 0.1) is 23.6 Å². The molecule has 4 rings (SSSR count). The van der Waals surface area contributed by atoms with Gasteiger partial charge in [0.15, 0.2) is 15.0 Å². The smallest absolute Gasteiger partial charge is 0.164 e. The van der Waals surface area contributed by atoms with Crippen LogP contribution in [0.4, 0.5) is 5.69 Å². The van der Waals surface area contributed by atoms with E-state index in [1.165, 1.54) is 0 Å². The van der Waals surface area contributed by atoms with Gasteiger partial charge in [-0.2, -0.15) is 0 Å². The Bertz CT molecular complexity index is 961. The number of anilines is 1. The second-order valence-electron chi connectivity index (χ2n) is 6.39. The highest BCUT2D eigenvalue weighted by Crippen LogP contribution is 2.36. The Kier molecular flexibility index (Phi) is 4.94. The Morgan fingerprint density at radius 2 is 1.85 bits per heavy atom. The quantitative estimate of drug-likeness (QED) is 0.734. The first-order valence-electron chi connectivity index (χ1n) is 8.11. The van der Waals surface area contributed by atoms with Crippen LogP contribution in [0.25, 0.3) is 0 Å². The molecule has 0 unspecified atom stereocenters. The summed E-state index contributed by atoms with van der Waals surface area (Å²) in [5.41, 5.74) is 2.02. The summed E-state index contributed by atoms with van der Waals surface area (Å²) >= 11 is 13.7. The maximum atomic E-state index is 12.1. The lowest BCUT2D eigenvalue weighted by Gasteiger charge is -2.26. The fourth-order valence-corrected chi connectivity index (χ4v) is 6.52. The summed E-state index contributed by atoms with van der Waals surface area (Å²) in [6, 6.07) is 14.8. The molecule has 2 aliphatic heterocycles. The maximum absolute atomic E-state index is 12.1. The number of benzene rings is 2. The van der Waals surface area contributed by atoms with Crippen LogP contribution in [0.15, 0.2) is 53.5 Å². The van der Waals surface area contributed by atoms with Crippen LogP contribution in [0.2, 0.25) is 10.0 Å². The van der Waals surface area contributed by atoms with E-state index in [2.05, 4.69) is 0 Å². The van der Waals surface area contributed by atoms with E-state index in [0.717, 1.165) is 22.2 Å². The SMILES string of the molecule is O=S1(=O)C[C@@H]2N=C(SCc3ccc(Cl)cc3)N(c3cccc(Cl)c3)[C@H]2C1. The molecule has 0 aromatic heterocycles. The van der Waals surface area contributed by atoms with Crippen LogP contribution in [0.5, 0.6) is 0 Å². The third-order valence-electron chi connectivity index (χ3n) is 4.48. The van der Waals surface area contributed by atoms with Gasteiger partial charge in [-0.05, 0) is 35.9 Å². The predicted octanol–water partition coefficient (Wildman–Crippen LogP) is 4.27. The molecule has 0 aliphatic carbocycles. The van der Waals surface area contributed by atoms with Gasteiger partial charge in [-0.1, -0.05) is 53.2 Å². The first kappa shape index (κ1) is 18.2. The topological polar surface area (TPSA) is 49.7 Å². The van der Waals surface area contributed by atoms with Gasteiger partial charge in [-0.3, -0.25) is 4.99 Å². The van der Waals surface area contributed by atoms with E-state index in [0.29, 0.717) is 10.0 Å². The van der Waals surface area contributed by atoms with Crippen LogP contribution in [0, 0.1) is 0 Å². The molecule has 2 aromatic rings. The predicted molar refractivity (Wildman–Crippen MR) is 110 cm³/mol. The highest BCUT2D eigenvalue weighted by atomic mass is 35.5. The molecule has 2 atom stereocenters. The number of aliphatic imine (C=N–C) groups is 1. The number of amidine groups is 1. The number of nitrogens with zero attached hydrogens (tertiary/aromatic N) is 2. The molecule has 8 heteroatoms. The first-order chi connectivity index (χ1) is 12.4. The zero-order valence-electron chi connectivity index (χ0n) is 13.7. The number of thioether (sulfide) groups is 1. The van der Waals surface area contributed by atoms with E-state index in [1.807, 2.05) is 53.4 Å². The second-order valence-corrected chi connectivity index (χ2v) is 10.4. The van der Waals surface area contributed by atoms with Gasteiger partial charge >= 0.3 is 0 Å². The second kappa shape index (κ2) is 7.08. The standard InChI is InChI=1S/C18H16Cl2N2O2S2/c19-13-6-4-12(5-7-13)9-25-18-21-16-10-26(23,24)11-17(16)22(18)15-3-1-2-14(20)8-15/h1-8,16-17H,9-11H2/t16-,17-/m0/s1. The van der Waals surface area contributed by atoms with Crippen molar-refractivity contribution in [1.82, 2.24) is 0 Å². The van der Waals surface area contributed by atoms with Crippen LogP contribution < -0.4 is 4.90 Å². The molecule has 26 heavy (non-hydrogen) atoms. The summed E-state index contributed by atoms with van der Waals surface area (Å²) in [4.78, 5) is 6.75. The van der Waals surface area contributed by atoms with Crippen LogP contribution in [-0.2, 0) is 15.6 Å². The number of hydrogen-bond donors (Lipinski definition) is 0. The van der Waals surface area contributed by atoms with Gasteiger partial charge in [0, 0.05) is 21.5 Å². The normalized spacial score (nSPS) is 23.8. The minimum absolute atomic E-state index is 0.111. The number of rotatable bonds is 3. The molecule has 2 aliphatic rings. The molecule has 0 amide bonds. The zero-order chi connectivity index (χ0) is 18.3. The lowest BCUT2D eigenvalue weighted by atomic mass is 10.1. The summed E-state index contributed by atoms with van der Waals surface area (Å²) < 4.78 is 24.1. The Morgan fingerprint density at radius 1 is 1.08 bits per heavy atom. The van der Waals surface area contributed by atoms with Crippen molar-refractivity contribution >= 4 is 55.7 Å². The summed E-state index contributed by atoms with van der Waals surface area (Å²) in [6.07, 6.45) is 0. The monoisotopic (exact) mass is 426 g/mol. The van der Waals surface area contributed by atoms with Crippen LogP contribution in [0.1, 0.15) is 5.56 Å². The van der Waals surface area contributed by atoms with E-state index in [4.69, 9.17) is 28.2 Å². The van der Waals surface area contributed by atoms with Crippen molar-refractivity contribution in [3.05, 3.63) is 64.1 Å². The molecule has 4 nitrogen and oxygen atoms in total. The molecule has 0 saturated carbocycles. The van der Waals surface area contributed by atoms with Crippen molar-refractivity contribution < 1.29 is 8.42 Å². The van der Waals surface area contributed by atoms with Crippen LogP contribution in [0.3, 0.4) is 0 Å². The first-order valence-corrected chi connectivity index (χ1v) is 11.7. The van der Waals surface area contributed by atoms with Gasteiger partial charge in [0.2, 0.25) is 0 Å². The lowest BCUT2D eigenvalue weighted by molar-refractivity contribution is 0.601. The van der Waals surface area contributed by atoms with Crippen molar-refractivity contribution in [1.29, 1.82) is 0 Å². The van der Waals surface area contributed by atoms with Crippen molar-refractivity contribution in [3.8, 4) is 0 Å².